The number of carboxylic acids is 1. The predicted octanol–water partition coefficient (Wildman–Crippen LogP) is -0.809. The number of carbonyl (C=O) groups is 2. The summed E-state index contributed by atoms with van der Waals surface area (Å²) in [5.41, 5.74) is 0. The molecular weight excluding hydrogens is 256 g/mol. The fraction of sp³-hybridized carbons (Fsp3) is 0.818. The van der Waals surface area contributed by atoms with E-state index >= 15 is 0 Å². The standard InChI is InChI=1S/C11H20N2O6/c1-17-3-2-9(10(14)15)13-11(16)12-6-8-7-18-4-5-19-8/h8-9H,2-7H2,1H3,(H,14,15)(H2,12,13,16). The van der Waals surface area contributed by atoms with Crippen molar-refractivity contribution >= 4 is 12.0 Å². The third kappa shape index (κ3) is 6.37. The van der Waals surface area contributed by atoms with Crippen molar-refractivity contribution < 1.29 is 28.9 Å². The van der Waals surface area contributed by atoms with Crippen LogP contribution < -0.4 is 10.6 Å². The second-order valence-corrected chi connectivity index (χ2v) is 4.09. The molecule has 8 nitrogen and oxygen atoms in total. The maximum Gasteiger partial charge on any atom is 0.326 e. The highest BCUT2D eigenvalue weighted by atomic mass is 16.6. The second-order valence-electron chi connectivity index (χ2n) is 4.09. The first-order chi connectivity index (χ1) is 9.13. The molecule has 2 unspecified atom stereocenters. The lowest BCUT2D eigenvalue weighted by Crippen LogP contribution is -2.49. The Kier molecular flexibility index (Phi) is 7.16. The molecule has 0 aliphatic carbocycles. The molecule has 0 aromatic heterocycles. The van der Waals surface area contributed by atoms with Gasteiger partial charge >= 0.3 is 12.0 Å². The first kappa shape index (κ1) is 15.7. The summed E-state index contributed by atoms with van der Waals surface area (Å²) >= 11 is 0. The second kappa shape index (κ2) is 8.68. The summed E-state index contributed by atoms with van der Waals surface area (Å²) in [6, 6.07) is -1.51. The van der Waals surface area contributed by atoms with Crippen LogP contribution in [0.25, 0.3) is 0 Å². The number of urea groups is 1. The van der Waals surface area contributed by atoms with Crippen molar-refractivity contribution in [2.75, 3.05) is 40.1 Å². The molecule has 8 heteroatoms. The van der Waals surface area contributed by atoms with Crippen LogP contribution in [-0.2, 0) is 19.0 Å². The van der Waals surface area contributed by atoms with E-state index in [9.17, 15) is 9.59 Å². The van der Waals surface area contributed by atoms with Crippen molar-refractivity contribution in [3.05, 3.63) is 0 Å². The van der Waals surface area contributed by atoms with Gasteiger partial charge in [-0.2, -0.15) is 0 Å². The molecule has 0 spiro atoms. The lowest BCUT2D eigenvalue weighted by molar-refractivity contribution is -0.139. The third-order valence-electron chi connectivity index (χ3n) is 2.59. The molecule has 110 valence electrons. The Labute approximate surface area is 111 Å². The van der Waals surface area contributed by atoms with Crippen molar-refractivity contribution in [1.29, 1.82) is 0 Å². The van der Waals surface area contributed by atoms with Gasteiger partial charge in [-0.05, 0) is 0 Å². The van der Waals surface area contributed by atoms with Crippen molar-refractivity contribution in [2.24, 2.45) is 0 Å². The number of nitrogens with one attached hydrogen (secondary N) is 2. The van der Waals surface area contributed by atoms with Crippen molar-refractivity contribution in [3.8, 4) is 0 Å². The third-order valence-corrected chi connectivity index (χ3v) is 2.59. The summed E-state index contributed by atoms with van der Waals surface area (Å²) in [5.74, 6) is -1.09. The summed E-state index contributed by atoms with van der Waals surface area (Å²) in [7, 11) is 1.47. The molecular formula is C11H20N2O6. The average Bonchev–Trinajstić information content (AvgIpc) is 2.42. The van der Waals surface area contributed by atoms with Crippen LogP contribution >= 0.6 is 0 Å². The molecule has 19 heavy (non-hydrogen) atoms. The maximum absolute atomic E-state index is 11.5. The van der Waals surface area contributed by atoms with E-state index in [-0.39, 0.29) is 25.7 Å². The van der Waals surface area contributed by atoms with Crippen LogP contribution in [0.1, 0.15) is 6.42 Å². The Morgan fingerprint density at radius 2 is 2.26 bits per heavy atom. The number of amides is 2. The van der Waals surface area contributed by atoms with Crippen molar-refractivity contribution in [3.63, 3.8) is 0 Å². The van der Waals surface area contributed by atoms with Crippen LogP contribution in [0.3, 0.4) is 0 Å². The van der Waals surface area contributed by atoms with Crippen LogP contribution in [0, 0.1) is 0 Å². The molecule has 1 fully saturated rings. The molecule has 0 aromatic rings. The average molecular weight is 276 g/mol. The Bertz CT molecular complexity index is 293. The highest BCUT2D eigenvalue weighted by Gasteiger charge is 2.20. The molecule has 3 N–H and O–H groups in total. The number of aliphatic carboxylic acids is 1. The van der Waals surface area contributed by atoms with E-state index < -0.39 is 18.0 Å². The van der Waals surface area contributed by atoms with Crippen LogP contribution in [0.15, 0.2) is 0 Å². The highest BCUT2D eigenvalue weighted by Crippen LogP contribution is 1.99. The zero-order valence-electron chi connectivity index (χ0n) is 10.9. The van der Waals surface area contributed by atoms with Crippen LogP contribution in [0.2, 0.25) is 0 Å². The minimum absolute atomic E-state index is 0.193. The predicted molar refractivity (Wildman–Crippen MR) is 65.0 cm³/mol. The Balaban J connectivity index is 2.25. The van der Waals surface area contributed by atoms with Gasteiger partial charge in [0.25, 0.3) is 0 Å². The molecule has 1 saturated heterocycles. The number of methoxy groups -OCH3 is 1. The lowest BCUT2D eigenvalue weighted by atomic mass is 10.2. The number of carbonyl (C=O) groups excluding carboxylic acids is 1. The van der Waals surface area contributed by atoms with Gasteiger partial charge in [0.15, 0.2) is 0 Å². The van der Waals surface area contributed by atoms with E-state index in [1.165, 1.54) is 7.11 Å². The summed E-state index contributed by atoms with van der Waals surface area (Å²) in [4.78, 5) is 22.4. The van der Waals surface area contributed by atoms with E-state index in [0.29, 0.717) is 19.8 Å². The van der Waals surface area contributed by atoms with Gasteiger partial charge in [-0.15, -0.1) is 0 Å². The van der Waals surface area contributed by atoms with E-state index in [4.69, 9.17) is 19.3 Å². The van der Waals surface area contributed by atoms with Crippen LogP contribution in [-0.4, -0.2) is 69.3 Å². The molecule has 1 aliphatic rings. The van der Waals surface area contributed by atoms with Gasteiger partial charge in [0.2, 0.25) is 0 Å². The number of hydrogen-bond donors (Lipinski definition) is 3. The topological polar surface area (TPSA) is 106 Å². The minimum Gasteiger partial charge on any atom is -0.480 e. The molecule has 0 saturated carbocycles. The lowest BCUT2D eigenvalue weighted by Gasteiger charge is -2.23. The summed E-state index contributed by atoms with van der Waals surface area (Å²) in [5, 5.41) is 13.8. The van der Waals surface area contributed by atoms with E-state index in [1.54, 1.807) is 0 Å². The largest absolute Gasteiger partial charge is 0.480 e. The number of hydrogen-bond acceptors (Lipinski definition) is 5. The zero-order valence-corrected chi connectivity index (χ0v) is 10.9. The van der Waals surface area contributed by atoms with Gasteiger partial charge in [-0.25, -0.2) is 9.59 Å². The molecule has 2 atom stereocenters. The van der Waals surface area contributed by atoms with Gasteiger partial charge < -0.3 is 30.0 Å². The molecule has 2 amide bonds. The van der Waals surface area contributed by atoms with Gasteiger partial charge in [0, 0.05) is 26.7 Å². The fourth-order valence-corrected chi connectivity index (χ4v) is 1.56. The van der Waals surface area contributed by atoms with Gasteiger partial charge in [0.05, 0.1) is 25.9 Å². The molecule has 1 heterocycles. The fourth-order valence-electron chi connectivity index (χ4n) is 1.56. The summed E-state index contributed by atoms with van der Waals surface area (Å²) < 4.78 is 15.3. The van der Waals surface area contributed by atoms with E-state index in [0.717, 1.165) is 0 Å². The van der Waals surface area contributed by atoms with Crippen molar-refractivity contribution in [1.82, 2.24) is 10.6 Å². The Morgan fingerprint density at radius 3 is 2.84 bits per heavy atom. The zero-order chi connectivity index (χ0) is 14.1. The smallest absolute Gasteiger partial charge is 0.326 e. The van der Waals surface area contributed by atoms with Crippen molar-refractivity contribution in [2.45, 2.75) is 18.6 Å². The first-order valence-electron chi connectivity index (χ1n) is 6.09. The number of carboxylic acid groups (broad SMARTS) is 1. The molecule has 1 rings (SSSR count). The summed E-state index contributed by atoms with van der Waals surface area (Å²) in [6.07, 6.45) is 0.0178. The van der Waals surface area contributed by atoms with Crippen LogP contribution in [0.5, 0.6) is 0 Å². The quantitative estimate of drug-likeness (QED) is 0.561. The number of ether oxygens (including phenoxy) is 3. The van der Waals surface area contributed by atoms with E-state index in [2.05, 4.69) is 10.6 Å². The number of rotatable bonds is 7. The maximum atomic E-state index is 11.5. The first-order valence-corrected chi connectivity index (χ1v) is 6.09. The molecule has 0 bridgehead atoms. The highest BCUT2D eigenvalue weighted by molar-refractivity contribution is 5.82. The molecule has 0 radical (unpaired) electrons. The SMILES string of the molecule is COCCC(NC(=O)NCC1COCCO1)C(=O)O. The Hall–Kier alpha value is -1.38. The molecule has 1 aliphatic heterocycles. The monoisotopic (exact) mass is 276 g/mol. The normalized spacial score (nSPS) is 20.6. The van der Waals surface area contributed by atoms with Gasteiger partial charge in [-0.3, -0.25) is 0 Å². The summed E-state index contributed by atoms with van der Waals surface area (Å²) in [6.45, 7) is 2.02. The Morgan fingerprint density at radius 1 is 1.47 bits per heavy atom. The minimum atomic E-state index is -1.09. The van der Waals surface area contributed by atoms with Gasteiger partial charge in [0.1, 0.15) is 6.04 Å². The van der Waals surface area contributed by atoms with Gasteiger partial charge in [-0.1, -0.05) is 0 Å². The van der Waals surface area contributed by atoms with Crippen LogP contribution in [0.4, 0.5) is 4.79 Å². The molecule has 0 aromatic carbocycles. The van der Waals surface area contributed by atoms with E-state index in [1.807, 2.05) is 0 Å².